The molecule has 0 bridgehead atoms. The number of nitrogens with one attached hydrogen (secondary N) is 1. The highest BCUT2D eigenvalue weighted by molar-refractivity contribution is 4.84. The fourth-order valence-corrected chi connectivity index (χ4v) is 1.14. The third-order valence-electron chi connectivity index (χ3n) is 2.00. The first kappa shape index (κ1) is 7.00. The van der Waals surface area contributed by atoms with Crippen LogP contribution >= 0.6 is 0 Å². The SMILES string of the molecule is CC1(C)CNCCC1F. The largest absolute Gasteiger partial charge is 0.316 e. The van der Waals surface area contributed by atoms with Crippen LogP contribution in [-0.4, -0.2) is 19.3 Å². The van der Waals surface area contributed by atoms with Gasteiger partial charge in [-0.05, 0) is 13.0 Å². The number of hydrogen-bond acceptors (Lipinski definition) is 1. The van der Waals surface area contributed by atoms with E-state index < -0.39 is 6.17 Å². The average molecular weight is 131 g/mol. The summed E-state index contributed by atoms with van der Waals surface area (Å²) in [5.41, 5.74) is -0.141. The maximum Gasteiger partial charge on any atom is 0.108 e. The lowest BCUT2D eigenvalue weighted by Crippen LogP contribution is -2.43. The number of halogens is 1. The summed E-state index contributed by atoms with van der Waals surface area (Å²) >= 11 is 0. The van der Waals surface area contributed by atoms with Gasteiger partial charge in [-0.15, -0.1) is 0 Å². The summed E-state index contributed by atoms with van der Waals surface area (Å²) < 4.78 is 12.9. The van der Waals surface area contributed by atoms with Crippen LogP contribution in [0, 0.1) is 5.41 Å². The summed E-state index contributed by atoms with van der Waals surface area (Å²) in [6, 6.07) is 0. The van der Waals surface area contributed by atoms with Gasteiger partial charge in [-0.2, -0.15) is 0 Å². The summed E-state index contributed by atoms with van der Waals surface area (Å²) in [7, 11) is 0. The molecule has 1 aliphatic rings. The molecule has 1 atom stereocenters. The molecule has 0 aromatic heterocycles. The van der Waals surface area contributed by atoms with E-state index in [4.69, 9.17) is 0 Å². The van der Waals surface area contributed by atoms with Gasteiger partial charge in [0.25, 0.3) is 0 Å². The van der Waals surface area contributed by atoms with Crippen molar-refractivity contribution in [1.82, 2.24) is 5.32 Å². The highest BCUT2D eigenvalue weighted by Crippen LogP contribution is 2.27. The Bertz CT molecular complexity index is 101. The molecule has 0 amide bonds. The molecule has 0 spiro atoms. The van der Waals surface area contributed by atoms with E-state index in [1.54, 1.807) is 0 Å². The molecule has 1 N–H and O–H groups in total. The van der Waals surface area contributed by atoms with Crippen LogP contribution in [0.2, 0.25) is 0 Å². The van der Waals surface area contributed by atoms with Crippen molar-refractivity contribution in [3.63, 3.8) is 0 Å². The Morgan fingerprint density at radius 3 is 2.56 bits per heavy atom. The van der Waals surface area contributed by atoms with E-state index in [-0.39, 0.29) is 5.41 Å². The van der Waals surface area contributed by atoms with Gasteiger partial charge in [0, 0.05) is 12.0 Å². The Labute approximate surface area is 55.6 Å². The van der Waals surface area contributed by atoms with Gasteiger partial charge in [-0.25, -0.2) is 4.39 Å². The van der Waals surface area contributed by atoms with Gasteiger partial charge in [0.1, 0.15) is 6.17 Å². The average Bonchev–Trinajstić information content (AvgIpc) is 1.77. The van der Waals surface area contributed by atoms with Crippen molar-refractivity contribution in [3.05, 3.63) is 0 Å². The molecule has 2 heteroatoms. The molecular formula is C7H14FN. The Morgan fingerprint density at radius 1 is 1.56 bits per heavy atom. The van der Waals surface area contributed by atoms with Gasteiger partial charge >= 0.3 is 0 Å². The Hall–Kier alpha value is -0.110. The van der Waals surface area contributed by atoms with Crippen molar-refractivity contribution >= 4 is 0 Å². The monoisotopic (exact) mass is 131 g/mol. The molecule has 1 saturated heterocycles. The summed E-state index contributed by atoms with van der Waals surface area (Å²) in [5, 5.41) is 3.17. The second kappa shape index (κ2) is 2.25. The molecule has 1 fully saturated rings. The van der Waals surface area contributed by atoms with Crippen molar-refractivity contribution in [2.75, 3.05) is 13.1 Å². The molecule has 0 radical (unpaired) electrons. The lowest BCUT2D eigenvalue weighted by Gasteiger charge is -2.33. The normalized spacial score (nSPS) is 34.3. The predicted octanol–water partition coefficient (Wildman–Crippen LogP) is 1.34. The topological polar surface area (TPSA) is 12.0 Å². The minimum absolute atomic E-state index is 0.141. The summed E-state index contributed by atoms with van der Waals surface area (Å²) in [6.07, 6.45) is 0.0613. The zero-order valence-electron chi connectivity index (χ0n) is 6.08. The Kier molecular flexibility index (Phi) is 1.75. The second-order valence-electron chi connectivity index (χ2n) is 3.42. The number of alkyl halides is 1. The maximum atomic E-state index is 12.9. The molecule has 1 unspecified atom stereocenters. The summed E-state index contributed by atoms with van der Waals surface area (Å²) in [6.45, 7) is 5.58. The molecule has 1 rings (SSSR count). The second-order valence-corrected chi connectivity index (χ2v) is 3.42. The van der Waals surface area contributed by atoms with Gasteiger partial charge in [0.05, 0.1) is 0 Å². The van der Waals surface area contributed by atoms with E-state index in [2.05, 4.69) is 5.32 Å². The minimum Gasteiger partial charge on any atom is -0.316 e. The summed E-state index contributed by atoms with van der Waals surface area (Å²) in [4.78, 5) is 0. The van der Waals surface area contributed by atoms with Crippen LogP contribution in [0.1, 0.15) is 20.3 Å². The Morgan fingerprint density at radius 2 is 2.22 bits per heavy atom. The first-order valence-electron chi connectivity index (χ1n) is 3.48. The van der Waals surface area contributed by atoms with E-state index in [0.717, 1.165) is 13.1 Å². The quantitative estimate of drug-likeness (QED) is 0.523. The van der Waals surface area contributed by atoms with Crippen LogP contribution in [0.4, 0.5) is 4.39 Å². The standard InChI is InChI=1S/C7H14FN/c1-7(2)5-9-4-3-6(7)8/h6,9H,3-5H2,1-2H3. The molecule has 1 nitrogen and oxygen atoms in total. The van der Waals surface area contributed by atoms with Crippen molar-refractivity contribution in [2.24, 2.45) is 5.41 Å². The van der Waals surface area contributed by atoms with Crippen LogP contribution in [0.5, 0.6) is 0 Å². The predicted molar refractivity (Wildman–Crippen MR) is 36.2 cm³/mol. The molecule has 1 heterocycles. The molecule has 1 aliphatic heterocycles. The highest BCUT2D eigenvalue weighted by atomic mass is 19.1. The highest BCUT2D eigenvalue weighted by Gasteiger charge is 2.31. The molecule has 0 aromatic carbocycles. The van der Waals surface area contributed by atoms with E-state index in [0.29, 0.717) is 6.42 Å². The first-order chi connectivity index (χ1) is 4.13. The van der Waals surface area contributed by atoms with E-state index in [1.807, 2.05) is 13.8 Å². The fraction of sp³-hybridized carbons (Fsp3) is 1.00. The zero-order valence-corrected chi connectivity index (χ0v) is 6.08. The van der Waals surface area contributed by atoms with Crippen molar-refractivity contribution < 1.29 is 4.39 Å². The first-order valence-corrected chi connectivity index (χ1v) is 3.48. The van der Waals surface area contributed by atoms with Gasteiger partial charge in [-0.3, -0.25) is 0 Å². The molecule has 0 aliphatic carbocycles. The van der Waals surface area contributed by atoms with Gasteiger partial charge in [0.2, 0.25) is 0 Å². The van der Waals surface area contributed by atoms with Crippen molar-refractivity contribution in [1.29, 1.82) is 0 Å². The molecule has 9 heavy (non-hydrogen) atoms. The third-order valence-corrected chi connectivity index (χ3v) is 2.00. The van der Waals surface area contributed by atoms with Crippen LogP contribution in [0.15, 0.2) is 0 Å². The summed E-state index contributed by atoms with van der Waals surface area (Å²) in [5.74, 6) is 0. The van der Waals surface area contributed by atoms with E-state index >= 15 is 0 Å². The van der Waals surface area contributed by atoms with Gasteiger partial charge in [-0.1, -0.05) is 13.8 Å². The minimum atomic E-state index is -0.612. The van der Waals surface area contributed by atoms with E-state index in [1.165, 1.54) is 0 Å². The van der Waals surface area contributed by atoms with E-state index in [9.17, 15) is 4.39 Å². The van der Waals surface area contributed by atoms with Crippen LogP contribution in [0.25, 0.3) is 0 Å². The molecule has 54 valence electrons. The van der Waals surface area contributed by atoms with Gasteiger partial charge < -0.3 is 5.32 Å². The fourth-order valence-electron chi connectivity index (χ4n) is 1.14. The molecular weight excluding hydrogens is 117 g/mol. The van der Waals surface area contributed by atoms with Crippen LogP contribution in [0.3, 0.4) is 0 Å². The molecule has 0 saturated carbocycles. The van der Waals surface area contributed by atoms with Crippen LogP contribution < -0.4 is 5.32 Å². The van der Waals surface area contributed by atoms with Crippen molar-refractivity contribution in [3.8, 4) is 0 Å². The number of piperidine rings is 1. The lowest BCUT2D eigenvalue weighted by molar-refractivity contribution is 0.104. The third kappa shape index (κ3) is 1.42. The lowest BCUT2D eigenvalue weighted by atomic mass is 9.83. The maximum absolute atomic E-state index is 12.9. The number of hydrogen-bond donors (Lipinski definition) is 1. The zero-order chi connectivity index (χ0) is 6.91. The Balaban J connectivity index is 2.49. The smallest absolute Gasteiger partial charge is 0.108 e. The molecule has 0 aromatic rings. The number of rotatable bonds is 0. The van der Waals surface area contributed by atoms with Crippen LogP contribution in [-0.2, 0) is 0 Å². The van der Waals surface area contributed by atoms with Crippen molar-refractivity contribution in [2.45, 2.75) is 26.4 Å². The van der Waals surface area contributed by atoms with Gasteiger partial charge in [0.15, 0.2) is 0 Å².